The van der Waals surface area contributed by atoms with Gasteiger partial charge in [-0.1, -0.05) is 12.8 Å². The van der Waals surface area contributed by atoms with Crippen LogP contribution in [0.25, 0.3) is 0 Å². The lowest BCUT2D eigenvalue weighted by atomic mass is 10.0. The number of rotatable bonds is 4. The molecule has 0 aromatic heterocycles. The lowest BCUT2D eigenvalue weighted by molar-refractivity contribution is 0.182. The fraction of sp³-hybridized carbons (Fsp3) is 0.818. The predicted molar refractivity (Wildman–Crippen MR) is 56.6 cm³/mol. The first-order valence-corrected chi connectivity index (χ1v) is 5.26. The zero-order valence-electron chi connectivity index (χ0n) is 8.55. The van der Waals surface area contributed by atoms with E-state index in [1.165, 1.54) is 19.3 Å². The molecule has 13 heavy (non-hydrogen) atoms. The number of hydrogen-bond acceptors (Lipinski definition) is 2. The van der Waals surface area contributed by atoms with E-state index >= 15 is 0 Å². The molecule has 0 atom stereocenters. The summed E-state index contributed by atoms with van der Waals surface area (Å²) in [4.78, 5) is 2.45. The molecular weight excluding hydrogens is 160 g/mol. The Balaban J connectivity index is 2.37. The maximum absolute atomic E-state index is 5.36. The van der Waals surface area contributed by atoms with Crippen LogP contribution < -0.4 is 5.32 Å². The van der Waals surface area contributed by atoms with Gasteiger partial charge in [0, 0.05) is 6.04 Å². The molecule has 0 radical (unpaired) electrons. The molecule has 1 N–H and O–H groups in total. The third-order valence-electron chi connectivity index (χ3n) is 2.63. The molecule has 0 spiro atoms. The van der Waals surface area contributed by atoms with E-state index in [2.05, 4.69) is 23.1 Å². The van der Waals surface area contributed by atoms with Gasteiger partial charge in [0.25, 0.3) is 0 Å². The molecule has 1 rings (SSSR count). The summed E-state index contributed by atoms with van der Waals surface area (Å²) < 4.78 is 0. The van der Waals surface area contributed by atoms with Crippen molar-refractivity contribution in [1.82, 2.24) is 10.2 Å². The van der Waals surface area contributed by atoms with Crippen molar-refractivity contribution in [2.24, 2.45) is 0 Å². The van der Waals surface area contributed by atoms with Crippen LogP contribution >= 0.6 is 0 Å². The Morgan fingerprint density at radius 3 is 2.69 bits per heavy atom. The monoisotopic (exact) mass is 180 g/mol. The highest BCUT2D eigenvalue weighted by molar-refractivity contribution is 4.91. The second kappa shape index (κ2) is 6.01. The first kappa shape index (κ1) is 10.6. The number of nitrogens with zero attached hydrogens (tertiary/aromatic N) is 1. The van der Waals surface area contributed by atoms with E-state index in [-0.39, 0.29) is 0 Å². The zero-order chi connectivity index (χ0) is 9.52. The van der Waals surface area contributed by atoms with Gasteiger partial charge >= 0.3 is 0 Å². The van der Waals surface area contributed by atoms with Crippen LogP contribution in [0.1, 0.15) is 26.2 Å². The van der Waals surface area contributed by atoms with Crippen LogP contribution in [0.3, 0.4) is 0 Å². The van der Waals surface area contributed by atoms with Crippen LogP contribution in [-0.2, 0) is 0 Å². The molecule has 0 bridgehead atoms. The second-order valence-corrected chi connectivity index (χ2v) is 3.66. The summed E-state index contributed by atoms with van der Waals surface area (Å²) in [6, 6.07) is 0.720. The van der Waals surface area contributed by atoms with E-state index in [0.29, 0.717) is 0 Å². The largest absolute Gasteiger partial charge is 0.317 e. The number of hydrogen-bond donors (Lipinski definition) is 1. The third kappa shape index (κ3) is 3.38. The highest BCUT2D eigenvalue weighted by Crippen LogP contribution is 2.11. The van der Waals surface area contributed by atoms with Gasteiger partial charge in [0.05, 0.1) is 6.54 Å². The van der Waals surface area contributed by atoms with E-state index < -0.39 is 0 Å². The fourth-order valence-electron chi connectivity index (χ4n) is 1.97. The summed E-state index contributed by atoms with van der Waals surface area (Å²) in [5.74, 6) is 2.76. The molecule has 2 nitrogen and oxygen atoms in total. The predicted octanol–water partition coefficient (Wildman–Crippen LogP) is 1.08. The normalized spacial score (nSPS) is 18.8. The molecule has 0 amide bonds. The van der Waals surface area contributed by atoms with Gasteiger partial charge in [-0.3, -0.25) is 4.90 Å². The van der Waals surface area contributed by atoms with Crippen molar-refractivity contribution in [2.45, 2.75) is 32.2 Å². The number of piperidine rings is 1. The molecule has 1 aliphatic heterocycles. The lowest BCUT2D eigenvalue weighted by Gasteiger charge is -2.33. The van der Waals surface area contributed by atoms with Gasteiger partial charge in [-0.2, -0.15) is 0 Å². The van der Waals surface area contributed by atoms with Gasteiger partial charge in [0.15, 0.2) is 0 Å². The van der Waals surface area contributed by atoms with Crippen molar-refractivity contribution >= 4 is 0 Å². The van der Waals surface area contributed by atoms with E-state index in [0.717, 1.165) is 32.2 Å². The quantitative estimate of drug-likeness (QED) is 0.651. The number of terminal acetylenes is 1. The van der Waals surface area contributed by atoms with E-state index in [1.807, 2.05) is 0 Å². The van der Waals surface area contributed by atoms with E-state index in [1.54, 1.807) is 0 Å². The summed E-state index contributed by atoms with van der Waals surface area (Å²) in [6.45, 7) is 6.48. The number of nitrogens with one attached hydrogen (secondary N) is 1. The molecule has 0 saturated carbocycles. The first-order valence-electron chi connectivity index (χ1n) is 5.26. The highest BCUT2D eigenvalue weighted by atomic mass is 15.2. The molecule has 1 saturated heterocycles. The maximum atomic E-state index is 5.36. The van der Waals surface area contributed by atoms with Crippen molar-refractivity contribution in [2.75, 3.05) is 26.2 Å². The molecule has 0 aromatic carbocycles. The van der Waals surface area contributed by atoms with Gasteiger partial charge in [0.1, 0.15) is 0 Å². The molecule has 0 aromatic rings. The van der Waals surface area contributed by atoms with E-state index in [9.17, 15) is 0 Å². The highest BCUT2D eigenvalue weighted by Gasteiger charge is 2.18. The average molecular weight is 180 g/mol. The minimum atomic E-state index is 0.720. The third-order valence-corrected chi connectivity index (χ3v) is 2.63. The SMILES string of the molecule is C#CCN(CCC)C1CCNCC1. The van der Waals surface area contributed by atoms with Crippen LogP contribution in [-0.4, -0.2) is 37.1 Å². The average Bonchev–Trinajstić information content (AvgIpc) is 2.19. The summed E-state index contributed by atoms with van der Waals surface area (Å²) in [5.41, 5.74) is 0. The minimum Gasteiger partial charge on any atom is -0.317 e. The summed E-state index contributed by atoms with van der Waals surface area (Å²) >= 11 is 0. The molecule has 2 heteroatoms. The summed E-state index contributed by atoms with van der Waals surface area (Å²) in [5, 5.41) is 3.38. The fourth-order valence-corrected chi connectivity index (χ4v) is 1.97. The summed E-state index contributed by atoms with van der Waals surface area (Å²) in [6.07, 6.45) is 9.06. The van der Waals surface area contributed by atoms with Gasteiger partial charge < -0.3 is 5.32 Å². The zero-order valence-corrected chi connectivity index (χ0v) is 8.55. The Kier molecular flexibility index (Phi) is 4.88. The van der Waals surface area contributed by atoms with Crippen LogP contribution in [0.2, 0.25) is 0 Å². The van der Waals surface area contributed by atoms with Crippen LogP contribution in [0.15, 0.2) is 0 Å². The Bertz CT molecular complexity index is 165. The Hall–Kier alpha value is -0.520. The van der Waals surface area contributed by atoms with Crippen LogP contribution in [0.5, 0.6) is 0 Å². The Morgan fingerprint density at radius 1 is 1.46 bits per heavy atom. The molecule has 1 heterocycles. The van der Waals surface area contributed by atoms with E-state index in [4.69, 9.17) is 6.42 Å². The molecule has 74 valence electrons. The lowest BCUT2D eigenvalue weighted by Crippen LogP contribution is -2.43. The van der Waals surface area contributed by atoms with Gasteiger partial charge in [-0.25, -0.2) is 0 Å². The van der Waals surface area contributed by atoms with Crippen molar-refractivity contribution in [1.29, 1.82) is 0 Å². The maximum Gasteiger partial charge on any atom is 0.0601 e. The van der Waals surface area contributed by atoms with Crippen molar-refractivity contribution < 1.29 is 0 Å². The standard InChI is InChI=1S/C11H20N2/c1-3-9-13(10-4-2)11-5-7-12-8-6-11/h1,11-12H,4-10H2,2H3. The van der Waals surface area contributed by atoms with Gasteiger partial charge in [-0.15, -0.1) is 6.42 Å². The minimum absolute atomic E-state index is 0.720. The summed E-state index contributed by atoms with van der Waals surface area (Å²) in [7, 11) is 0. The van der Waals surface area contributed by atoms with Crippen LogP contribution in [0, 0.1) is 12.3 Å². The van der Waals surface area contributed by atoms with Crippen molar-refractivity contribution in [3.63, 3.8) is 0 Å². The molecule has 1 fully saturated rings. The Morgan fingerprint density at radius 2 is 2.15 bits per heavy atom. The van der Waals surface area contributed by atoms with Crippen LogP contribution in [0.4, 0.5) is 0 Å². The topological polar surface area (TPSA) is 15.3 Å². The van der Waals surface area contributed by atoms with Crippen molar-refractivity contribution in [3.8, 4) is 12.3 Å². The first-order chi connectivity index (χ1) is 6.38. The molecule has 0 unspecified atom stereocenters. The Labute approximate surface area is 81.7 Å². The van der Waals surface area contributed by atoms with Crippen molar-refractivity contribution in [3.05, 3.63) is 0 Å². The molecule has 0 aliphatic carbocycles. The van der Waals surface area contributed by atoms with Gasteiger partial charge in [0.2, 0.25) is 0 Å². The molecular formula is C11H20N2. The smallest absolute Gasteiger partial charge is 0.0601 e. The van der Waals surface area contributed by atoms with Gasteiger partial charge in [-0.05, 0) is 38.9 Å². The molecule has 1 aliphatic rings. The second-order valence-electron chi connectivity index (χ2n) is 3.66.